The van der Waals surface area contributed by atoms with Gasteiger partial charge in [0.25, 0.3) is 11.8 Å². The first-order chi connectivity index (χ1) is 8.41. The van der Waals surface area contributed by atoms with Crippen LogP contribution in [0.3, 0.4) is 0 Å². The van der Waals surface area contributed by atoms with Crippen LogP contribution < -0.4 is 0 Å². The molecular formula is C12H13BrF2N2O. The summed E-state index contributed by atoms with van der Waals surface area (Å²) in [5.74, 6) is -3.15. The second-order valence-electron chi connectivity index (χ2n) is 4.48. The van der Waals surface area contributed by atoms with Crippen LogP contribution in [0, 0.1) is 6.92 Å². The van der Waals surface area contributed by atoms with Gasteiger partial charge in [-0.05, 0) is 34.8 Å². The van der Waals surface area contributed by atoms with Crippen LogP contribution in [0.1, 0.15) is 28.8 Å². The number of nitrogens with zero attached hydrogens (tertiary/aromatic N) is 2. The van der Waals surface area contributed by atoms with E-state index in [1.165, 1.54) is 11.1 Å². The van der Waals surface area contributed by atoms with Gasteiger partial charge in [-0.2, -0.15) is 0 Å². The average Bonchev–Trinajstić information content (AvgIpc) is 2.30. The number of halogens is 3. The van der Waals surface area contributed by atoms with Crippen LogP contribution in [-0.2, 0) is 0 Å². The van der Waals surface area contributed by atoms with Gasteiger partial charge in [-0.3, -0.25) is 9.78 Å². The van der Waals surface area contributed by atoms with Crippen molar-refractivity contribution < 1.29 is 13.6 Å². The maximum absolute atomic E-state index is 13.3. The van der Waals surface area contributed by atoms with E-state index in [1.807, 2.05) is 0 Å². The summed E-state index contributed by atoms with van der Waals surface area (Å²) in [4.78, 5) is 17.3. The summed E-state index contributed by atoms with van der Waals surface area (Å²) >= 11 is 3.28. The molecule has 1 fully saturated rings. The number of carbonyl (C=O) groups excluding carboxylic acids is 1. The highest BCUT2D eigenvalue weighted by molar-refractivity contribution is 9.10. The number of likely N-dealkylation sites (tertiary alicyclic amines) is 1. The third-order valence-electron chi connectivity index (χ3n) is 3.06. The summed E-state index contributed by atoms with van der Waals surface area (Å²) in [5, 5.41) is 0. The van der Waals surface area contributed by atoms with Crippen LogP contribution >= 0.6 is 15.9 Å². The van der Waals surface area contributed by atoms with Crippen LogP contribution in [0.2, 0.25) is 0 Å². The lowest BCUT2D eigenvalue weighted by Crippen LogP contribution is -2.45. The minimum atomic E-state index is -2.78. The monoisotopic (exact) mass is 318 g/mol. The largest absolute Gasteiger partial charge is 0.333 e. The van der Waals surface area contributed by atoms with E-state index in [2.05, 4.69) is 20.9 Å². The summed E-state index contributed by atoms with van der Waals surface area (Å²) in [6.07, 6.45) is 3.19. The molecule has 2 rings (SSSR count). The van der Waals surface area contributed by atoms with Crippen molar-refractivity contribution in [1.82, 2.24) is 9.88 Å². The van der Waals surface area contributed by atoms with E-state index >= 15 is 0 Å². The lowest BCUT2D eigenvalue weighted by atomic mass is 10.0. The van der Waals surface area contributed by atoms with Gasteiger partial charge in [0.1, 0.15) is 0 Å². The van der Waals surface area contributed by atoms with Crippen molar-refractivity contribution in [2.45, 2.75) is 25.7 Å². The van der Waals surface area contributed by atoms with Gasteiger partial charge < -0.3 is 4.90 Å². The molecule has 18 heavy (non-hydrogen) atoms. The number of aromatic nitrogens is 1. The molecule has 0 spiro atoms. The van der Waals surface area contributed by atoms with Crippen LogP contribution in [0.25, 0.3) is 0 Å². The first-order valence-corrected chi connectivity index (χ1v) is 6.47. The zero-order valence-electron chi connectivity index (χ0n) is 9.92. The summed E-state index contributed by atoms with van der Waals surface area (Å²) in [6.45, 7) is 1.64. The molecule has 1 amide bonds. The van der Waals surface area contributed by atoms with Gasteiger partial charge in [0.2, 0.25) is 0 Å². The van der Waals surface area contributed by atoms with Crippen molar-refractivity contribution in [1.29, 1.82) is 0 Å². The third kappa shape index (κ3) is 2.68. The summed E-state index contributed by atoms with van der Waals surface area (Å²) in [5.41, 5.74) is 1.10. The maximum Gasteiger partial charge on any atom is 0.265 e. The molecule has 0 N–H and O–H groups in total. The van der Waals surface area contributed by atoms with Gasteiger partial charge in [0.05, 0.1) is 12.1 Å². The minimum absolute atomic E-state index is 0.146. The van der Waals surface area contributed by atoms with Crippen molar-refractivity contribution in [3.8, 4) is 0 Å². The van der Waals surface area contributed by atoms with Crippen LogP contribution in [0.4, 0.5) is 8.78 Å². The smallest absolute Gasteiger partial charge is 0.265 e. The number of carbonyl (C=O) groups is 1. The van der Waals surface area contributed by atoms with E-state index in [4.69, 9.17) is 0 Å². The Bertz CT molecular complexity index is 479. The first kappa shape index (κ1) is 13.4. The second kappa shape index (κ2) is 4.91. The Balaban J connectivity index is 2.23. The summed E-state index contributed by atoms with van der Waals surface area (Å²) < 4.78 is 27.3. The molecule has 0 aromatic carbocycles. The molecule has 0 aliphatic carbocycles. The van der Waals surface area contributed by atoms with Gasteiger partial charge >= 0.3 is 0 Å². The summed E-state index contributed by atoms with van der Waals surface area (Å²) in [7, 11) is 0. The predicted molar refractivity (Wildman–Crippen MR) is 66.8 cm³/mol. The van der Waals surface area contributed by atoms with E-state index in [9.17, 15) is 13.6 Å². The molecule has 2 heterocycles. The zero-order valence-corrected chi connectivity index (χ0v) is 11.5. The molecule has 0 saturated carbocycles. The van der Waals surface area contributed by atoms with Crippen molar-refractivity contribution in [3.63, 3.8) is 0 Å². The highest BCUT2D eigenvalue weighted by Crippen LogP contribution is 2.28. The highest BCUT2D eigenvalue weighted by Gasteiger charge is 2.37. The van der Waals surface area contributed by atoms with Gasteiger partial charge in [-0.1, -0.05) is 0 Å². The fourth-order valence-electron chi connectivity index (χ4n) is 2.02. The maximum atomic E-state index is 13.3. The molecule has 0 unspecified atom stereocenters. The molecule has 98 valence electrons. The van der Waals surface area contributed by atoms with Gasteiger partial charge in [0, 0.05) is 29.8 Å². The molecule has 0 atom stereocenters. The minimum Gasteiger partial charge on any atom is -0.333 e. The molecular weight excluding hydrogens is 306 g/mol. The fraction of sp³-hybridized carbons (Fsp3) is 0.500. The normalized spacial score (nSPS) is 18.8. The van der Waals surface area contributed by atoms with Crippen molar-refractivity contribution in [2.75, 3.05) is 13.1 Å². The molecule has 3 nitrogen and oxygen atoms in total. The van der Waals surface area contributed by atoms with E-state index in [1.54, 1.807) is 13.1 Å². The Morgan fingerprint density at radius 1 is 1.50 bits per heavy atom. The first-order valence-electron chi connectivity index (χ1n) is 5.68. The number of hydrogen-bond donors (Lipinski definition) is 0. The van der Waals surface area contributed by atoms with E-state index in [-0.39, 0.29) is 12.3 Å². The third-order valence-corrected chi connectivity index (χ3v) is 3.86. The Kier molecular flexibility index (Phi) is 3.66. The highest BCUT2D eigenvalue weighted by atomic mass is 79.9. The van der Waals surface area contributed by atoms with Gasteiger partial charge in [-0.25, -0.2) is 8.78 Å². The number of piperidine rings is 1. The number of alkyl halides is 2. The van der Waals surface area contributed by atoms with Gasteiger partial charge in [-0.15, -0.1) is 0 Å². The molecule has 6 heteroatoms. The number of pyridine rings is 1. The average molecular weight is 319 g/mol. The van der Waals surface area contributed by atoms with E-state index in [0.29, 0.717) is 23.0 Å². The Morgan fingerprint density at radius 2 is 2.22 bits per heavy atom. The molecule has 1 aliphatic heterocycles. The zero-order chi connectivity index (χ0) is 13.3. The Morgan fingerprint density at radius 3 is 2.89 bits per heavy atom. The quantitative estimate of drug-likeness (QED) is 0.797. The molecule has 1 saturated heterocycles. The van der Waals surface area contributed by atoms with Crippen LogP contribution in [0.15, 0.2) is 16.9 Å². The lowest BCUT2D eigenvalue weighted by molar-refractivity contribution is -0.0560. The van der Waals surface area contributed by atoms with Crippen molar-refractivity contribution >= 4 is 21.8 Å². The predicted octanol–water partition coefficient (Wildman–Crippen LogP) is 3.02. The molecule has 0 radical (unpaired) electrons. The van der Waals surface area contributed by atoms with Crippen molar-refractivity contribution in [3.05, 3.63) is 28.0 Å². The van der Waals surface area contributed by atoms with Crippen molar-refractivity contribution in [2.24, 2.45) is 0 Å². The lowest BCUT2D eigenvalue weighted by Gasteiger charge is -2.32. The Labute approximate surface area is 112 Å². The molecule has 1 aromatic rings. The van der Waals surface area contributed by atoms with E-state index in [0.717, 1.165) is 5.56 Å². The molecule has 1 aliphatic rings. The number of rotatable bonds is 1. The molecule has 0 bridgehead atoms. The SMILES string of the molecule is Cc1c(Br)cncc1C(=O)N1CCCC(F)(F)C1. The molecule has 1 aromatic heterocycles. The van der Waals surface area contributed by atoms with Crippen LogP contribution in [0.5, 0.6) is 0 Å². The number of amides is 1. The second-order valence-corrected chi connectivity index (χ2v) is 5.33. The summed E-state index contributed by atoms with van der Waals surface area (Å²) in [6, 6.07) is 0. The Hall–Kier alpha value is -1.04. The standard InChI is InChI=1S/C12H13BrF2N2O/c1-8-9(5-16-6-10(8)13)11(18)17-4-2-3-12(14,15)7-17/h5-6H,2-4,7H2,1H3. The van der Waals surface area contributed by atoms with E-state index < -0.39 is 12.5 Å². The van der Waals surface area contributed by atoms with Crippen LogP contribution in [-0.4, -0.2) is 34.8 Å². The topological polar surface area (TPSA) is 33.2 Å². The van der Waals surface area contributed by atoms with Gasteiger partial charge in [0.15, 0.2) is 0 Å². The fourth-order valence-corrected chi connectivity index (χ4v) is 2.36. The number of hydrogen-bond acceptors (Lipinski definition) is 2.